The van der Waals surface area contributed by atoms with Crippen molar-refractivity contribution in [1.29, 1.82) is 0 Å². The molecule has 1 aliphatic heterocycles. The molecule has 4 heteroatoms. The molecule has 4 nitrogen and oxygen atoms in total. The van der Waals surface area contributed by atoms with Gasteiger partial charge in [-0.15, -0.1) is 0 Å². The minimum atomic E-state index is 0.0494. The van der Waals surface area contributed by atoms with Crippen LogP contribution in [0.2, 0.25) is 0 Å². The Morgan fingerprint density at radius 2 is 2.47 bits per heavy atom. The van der Waals surface area contributed by atoms with Crippen molar-refractivity contribution in [3.05, 3.63) is 36.1 Å². The van der Waals surface area contributed by atoms with Gasteiger partial charge < -0.3 is 10.1 Å². The van der Waals surface area contributed by atoms with E-state index in [9.17, 15) is 0 Å². The Hall–Kier alpha value is -1.42. The van der Waals surface area contributed by atoms with Crippen LogP contribution >= 0.6 is 0 Å². The highest BCUT2D eigenvalue weighted by molar-refractivity contribution is 5.17. The molecule has 0 bridgehead atoms. The average Bonchev–Trinajstić information content (AvgIpc) is 2.33. The molecule has 0 amide bonds. The molecular formula is C11H15N3O. The minimum Gasteiger partial charge on any atom is -0.496 e. The van der Waals surface area contributed by atoms with Gasteiger partial charge in [0.15, 0.2) is 0 Å². The highest BCUT2D eigenvalue weighted by atomic mass is 16.5. The Balaban J connectivity index is 2.20. The van der Waals surface area contributed by atoms with E-state index in [0.717, 1.165) is 30.9 Å². The van der Waals surface area contributed by atoms with Crippen molar-refractivity contribution in [2.24, 2.45) is 0 Å². The largest absolute Gasteiger partial charge is 0.496 e. The maximum Gasteiger partial charge on any atom is 0.115 e. The van der Waals surface area contributed by atoms with Crippen LogP contribution in [0.3, 0.4) is 0 Å². The normalized spacial score (nSPS) is 17.8. The molecule has 1 N–H and O–H groups in total. The van der Waals surface area contributed by atoms with E-state index in [1.54, 1.807) is 12.5 Å². The van der Waals surface area contributed by atoms with E-state index in [-0.39, 0.29) is 6.04 Å². The second-order valence-corrected chi connectivity index (χ2v) is 3.45. The summed E-state index contributed by atoms with van der Waals surface area (Å²) in [6.45, 7) is 0.801. The second kappa shape index (κ2) is 4.89. The number of hydrogen-bond donors (Lipinski definition) is 1. The van der Waals surface area contributed by atoms with E-state index in [2.05, 4.69) is 21.4 Å². The summed E-state index contributed by atoms with van der Waals surface area (Å²) in [6, 6.07) is 1.95. The molecule has 0 aromatic carbocycles. The SMILES string of the molecule is CNC(C1=CCCCO1)c1ccncn1. The number of ether oxygens (including phenoxy) is 1. The van der Waals surface area contributed by atoms with Crippen molar-refractivity contribution in [3.8, 4) is 0 Å². The summed E-state index contributed by atoms with van der Waals surface area (Å²) in [7, 11) is 1.91. The average molecular weight is 205 g/mol. The van der Waals surface area contributed by atoms with Gasteiger partial charge in [0.05, 0.1) is 12.3 Å². The molecule has 1 atom stereocenters. The van der Waals surface area contributed by atoms with E-state index >= 15 is 0 Å². The monoisotopic (exact) mass is 205 g/mol. The predicted molar refractivity (Wildman–Crippen MR) is 57.1 cm³/mol. The molecule has 0 radical (unpaired) electrons. The van der Waals surface area contributed by atoms with Crippen LogP contribution in [0.25, 0.3) is 0 Å². The van der Waals surface area contributed by atoms with E-state index in [1.165, 1.54) is 0 Å². The smallest absolute Gasteiger partial charge is 0.115 e. The third-order valence-electron chi connectivity index (χ3n) is 2.44. The van der Waals surface area contributed by atoms with E-state index < -0.39 is 0 Å². The van der Waals surface area contributed by atoms with Crippen molar-refractivity contribution in [3.63, 3.8) is 0 Å². The highest BCUT2D eigenvalue weighted by Gasteiger charge is 2.18. The van der Waals surface area contributed by atoms with Crippen molar-refractivity contribution in [1.82, 2.24) is 15.3 Å². The molecule has 15 heavy (non-hydrogen) atoms. The molecule has 0 fully saturated rings. The van der Waals surface area contributed by atoms with Gasteiger partial charge in [0.1, 0.15) is 18.1 Å². The van der Waals surface area contributed by atoms with Crippen LogP contribution in [0.1, 0.15) is 24.6 Å². The standard InChI is InChI=1S/C11H15N3O/c1-12-11(9-5-6-13-8-14-9)10-4-2-3-7-15-10/h4-6,8,11-12H,2-3,7H2,1H3. The van der Waals surface area contributed by atoms with E-state index in [1.807, 2.05) is 13.1 Å². The number of rotatable bonds is 3. The van der Waals surface area contributed by atoms with Gasteiger partial charge in [-0.05, 0) is 32.0 Å². The Bertz CT molecular complexity index is 337. The molecule has 0 saturated carbocycles. The lowest BCUT2D eigenvalue weighted by Crippen LogP contribution is -2.22. The number of likely N-dealkylation sites (N-methyl/N-ethyl adjacent to an activating group) is 1. The molecular weight excluding hydrogens is 190 g/mol. The molecule has 0 saturated heterocycles. The van der Waals surface area contributed by atoms with Crippen LogP contribution in [-0.4, -0.2) is 23.6 Å². The first-order valence-electron chi connectivity index (χ1n) is 5.18. The highest BCUT2D eigenvalue weighted by Crippen LogP contribution is 2.23. The molecule has 1 aromatic rings. The molecule has 2 heterocycles. The third kappa shape index (κ3) is 2.33. The maximum absolute atomic E-state index is 5.62. The number of aromatic nitrogens is 2. The molecule has 1 unspecified atom stereocenters. The first kappa shape index (κ1) is 10.1. The Labute approximate surface area is 89.4 Å². The lowest BCUT2D eigenvalue weighted by Gasteiger charge is -2.22. The van der Waals surface area contributed by atoms with Gasteiger partial charge in [-0.2, -0.15) is 0 Å². The van der Waals surface area contributed by atoms with Gasteiger partial charge in [-0.1, -0.05) is 0 Å². The van der Waals surface area contributed by atoms with Gasteiger partial charge in [0, 0.05) is 6.20 Å². The zero-order chi connectivity index (χ0) is 10.5. The molecule has 0 spiro atoms. The van der Waals surface area contributed by atoms with Crippen molar-refractivity contribution >= 4 is 0 Å². The van der Waals surface area contributed by atoms with Gasteiger partial charge in [0.2, 0.25) is 0 Å². The van der Waals surface area contributed by atoms with Gasteiger partial charge in [-0.25, -0.2) is 9.97 Å². The summed E-state index contributed by atoms with van der Waals surface area (Å²) in [5.41, 5.74) is 0.945. The van der Waals surface area contributed by atoms with E-state index in [4.69, 9.17) is 4.74 Å². The molecule has 0 aliphatic carbocycles. The fourth-order valence-corrected chi connectivity index (χ4v) is 1.69. The zero-order valence-electron chi connectivity index (χ0n) is 8.81. The predicted octanol–water partition coefficient (Wildman–Crippen LogP) is 1.43. The quantitative estimate of drug-likeness (QED) is 0.811. The second-order valence-electron chi connectivity index (χ2n) is 3.45. The van der Waals surface area contributed by atoms with Crippen LogP contribution in [0.15, 0.2) is 30.4 Å². The van der Waals surface area contributed by atoms with Crippen molar-refractivity contribution < 1.29 is 4.74 Å². The molecule has 80 valence electrons. The fourth-order valence-electron chi connectivity index (χ4n) is 1.69. The number of allylic oxidation sites excluding steroid dienone is 1. The lowest BCUT2D eigenvalue weighted by atomic mass is 10.1. The Kier molecular flexibility index (Phi) is 3.29. The van der Waals surface area contributed by atoms with Crippen LogP contribution in [0.4, 0.5) is 0 Å². The third-order valence-corrected chi connectivity index (χ3v) is 2.44. The summed E-state index contributed by atoms with van der Waals surface area (Å²) in [5.74, 6) is 0.974. The Morgan fingerprint density at radius 3 is 3.07 bits per heavy atom. The first-order chi connectivity index (χ1) is 7.42. The van der Waals surface area contributed by atoms with Crippen LogP contribution in [0.5, 0.6) is 0 Å². The lowest BCUT2D eigenvalue weighted by molar-refractivity contribution is 0.168. The van der Waals surface area contributed by atoms with Crippen molar-refractivity contribution in [2.45, 2.75) is 18.9 Å². The zero-order valence-corrected chi connectivity index (χ0v) is 8.81. The Morgan fingerprint density at radius 1 is 1.53 bits per heavy atom. The molecule has 2 rings (SSSR count). The number of hydrogen-bond acceptors (Lipinski definition) is 4. The summed E-state index contributed by atoms with van der Waals surface area (Å²) in [5, 5.41) is 3.20. The summed E-state index contributed by atoms with van der Waals surface area (Å²) in [4.78, 5) is 8.14. The summed E-state index contributed by atoms with van der Waals surface area (Å²) < 4.78 is 5.62. The number of nitrogens with one attached hydrogen (secondary N) is 1. The van der Waals surface area contributed by atoms with Crippen LogP contribution < -0.4 is 5.32 Å². The summed E-state index contributed by atoms with van der Waals surface area (Å²) >= 11 is 0. The van der Waals surface area contributed by atoms with Crippen LogP contribution in [-0.2, 0) is 4.74 Å². The van der Waals surface area contributed by atoms with E-state index in [0.29, 0.717) is 0 Å². The summed E-state index contributed by atoms with van der Waals surface area (Å²) in [6.07, 6.45) is 7.62. The molecule has 1 aliphatic rings. The minimum absolute atomic E-state index is 0.0494. The van der Waals surface area contributed by atoms with Gasteiger partial charge in [-0.3, -0.25) is 0 Å². The molecule has 1 aromatic heterocycles. The fraction of sp³-hybridized carbons (Fsp3) is 0.455. The first-order valence-corrected chi connectivity index (χ1v) is 5.18. The van der Waals surface area contributed by atoms with Gasteiger partial charge in [0.25, 0.3) is 0 Å². The topological polar surface area (TPSA) is 47.0 Å². The van der Waals surface area contributed by atoms with Crippen molar-refractivity contribution in [2.75, 3.05) is 13.7 Å². The number of nitrogens with zero attached hydrogens (tertiary/aromatic N) is 2. The van der Waals surface area contributed by atoms with Gasteiger partial charge >= 0.3 is 0 Å². The van der Waals surface area contributed by atoms with Crippen LogP contribution in [0, 0.1) is 0 Å². The maximum atomic E-state index is 5.62.